The standard InChI is InChI=1S/C10H15BrN2O/c1-7-4-13(6-9(7)12)5-8-2-3-10(11)14-8/h2-3,7,9H,4-6,12H2,1H3. The molecule has 0 bridgehead atoms. The van der Waals surface area contributed by atoms with E-state index in [1.807, 2.05) is 12.1 Å². The van der Waals surface area contributed by atoms with Gasteiger partial charge in [0.25, 0.3) is 0 Å². The van der Waals surface area contributed by atoms with Crippen molar-refractivity contribution >= 4 is 15.9 Å². The molecule has 0 amide bonds. The molecule has 0 aliphatic carbocycles. The van der Waals surface area contributed by atoms with Crippen molar-refractivity contribution < 1.29 is 4.42 Å². The van der Waals surface area contributed by atoms with Gasteiger partial charge in [0, 0.05) is 19.1 Å². The topological polar surface area (TPSA) is 42.4 Å². The van der Waals surface area contributed by atoms with Gasteiger partial charge in [-0.15, -0.1) is 0 Å². The third kappa shape index (κ3) is 2.19. The van der Waals surface area contributed by atoms with Crippen molar-refractivity contribution in [2.45, 2.75) is 19.5 Å². The Labute approximate surface area is 92.4 Å². The zero-order valence-corrected chi connectivity index (χ0v) is 9.83. The van der Waals surface area contributed by atoms with E-state index in [2.05, 4.69) is 27.8 Å². The van der Waals surface area contributed by atoms with Crippen LogP contribution in [-0.2, 0) is 6.54 Å². The van der Waals surface area contributed by atoms with Crippen LogP contribution in [0.1, 0.15) is 12.7 Å². The fourth-order valence-electron chi connectivity index (χ4n) is 1.88. The predicted octanol–water partition coefficient (Wildman–Crippen LogP) is 1.82. The Morgan fingerprint density at radius 3 is 2.86 bits per heavy atom. The Kier molecular flexibility index (Phi) is 2.95. The Balaban J connectivity index is 1.93. The van der Waals surface area contributed by atoms with E-state index in [9.17, 15) is 0 Å². The molecule has 2 N–H and O–H groups in total. The van der Waals surface area contributed by atoms with Crippen molar-refractivity contribution in [3.63, 3.8) is 0 Å². The van der Waals surface area contributed by atoms with Gasteiger partial charge in [-0.1, -0.05) is 6.92 Å². The molecule has 14 heavy (non-hydrogen) atoms. The normalized spacial score (nSPS) is 28.5. The summed E-state index contributed by atoms with van der Waals surface area (Å²) in [5.41, 5.74) is 5.95. The molecule has 2 heterocycles. The Hall–Kier alpha value is -0.320. The maximum Gasteiger partial charge on any atom is 0.169 e. The number of halogens is 1. The maximum atomic E-state index is 5.95. The fraction of sp³-hybridized carbons (Fsp3) is 0.600. The average molecular weight is 259 g/mol. The summed E-state index contributed by atoms with van der Waals surface area (Å²) < 4.78 is 6.25. The first-order valence-electron chi connectivity index (χ1n) is 4.87. The first kappa shape index (κ1) is 10.2. The second kappa shape index (κ2) is 4.04. The van der Waals surface area contributed by atoms with Gasteiger partial charge in [0.05, 0.1) is 6.54 Å². The van der Waals surface area contributed by atoms with Gasteiger partial charge < -0.3 is 10.2 Å². The molecule has 0 saturated carbocycles. The van der Waals surface area contributed by atoms with Crippen LogP contribution in [0.25, 0.3) is 0 Å². The smallest absolute Gasteiger partial charge is 0.169 e. The molecular weight excluding hydrogens is 244 g/mol. The minimum Gasteiger partial charge on any atom is -0.453 e. The van der Waals surface area contributed by atoms with Crippen LogP contribution < -0.4 is 5.73 Å². The first-order valence-corrected chi connectivity index (χ1v) is 5.66. The molecule has 1 saturated heterocycles. The molecule has 2 unspecified atom stereocenters. The number of likely N-dealkylation sites (tertiary alicyclic amines) is 1. The lowest BCUT2D eigenvalue weighted by atomic mass is 10.1. The SMILES string of the molecule is CC1CN(Cc2ccc(Br)o2)CC1N. The summed E-state index contributed by atoms with van der Waals surface area (Å²) in [5, 5.41) is 0. The van der Waals surface area contributed by atoms with Crippen molar-refractivity contribution in [2.75, 3.05) is 13.1 Å². The van der Waals surface area contributed by atoms with Gasteiger partial charge in [-0.05, 0) is 34.0 Å². The van der Waals surface area contributed by atoms with E-state index in [0.717, 1.165) is 30.1 Å². The van der Waals surface area contributed by atoms with Gasteiger partial charge in [0.2, 0.25) is 0 Å². The van der Waals surface area contributed by atoms with Crippen LogP contribution in [0, 0.1) is 5.92 Å². The Morgan fingerprint density at radius 1 is 1.57 bits per heavy atom. The molecule has 0 radical (unpaired) electrons. The van der Waals surface area contributed by atoms with Crippen LogP contribution in [0.2, 0.25) is 0 Å². The highest BCUT2D eigenvalue weighted by molar-refractivity contribution is 9.10. The molecule has 1 aliphatic heterocycles. The predicted molar refractivity (Wildman–Crippen MR) is 58.8 cm³/mol. The molecule has 1 aliphatic rings. The van der Waals surface area contributed by atoms with Crippen LogP contribution in [0.3, 0.4) is 0 Å². The van der Waals surface area contributed by atoms with Crippen LogP contribution >= 0.6 is 15.9 Å². The molecule has 1 fully saturated rings. The summed E-state index contributed by atoms with van der Waals surface area (Å²) in [6.07, 6.45) is 0. The number of furan rings is 1. The second-order valence-corrected chi connectivity index (χ2v) is 4.82. The lowest BCUT2D eigenvalue weighted by molar-refractivity contribution is 0.285. The van der Waals surface area contributed by atoms with E-state index in [1.165, 1.54) is 0 Å². The van der Waals surface area contributed by atoms with Gasteiger partial charge >= 0.3 is 0 Å². The summed E-state index contributed by atoms with van der Waals surface area (Å²) in [6.45, 7) is 5.10. The Bertz CT molecular complexity index is 303. The molecule has 2 rings (SSSR count). The minimum absolute atomic E-state index is 0.313. The zero-order chi connectivity index (χ0) is 10.1. The van der Waals surface area contributed by atoms with Crippen LogP contribution in [0.4, 0.5) is 0 Å². The first-order chi connectivity index (χ1) is 6.65. The largest absolute Gasteiger partial charge is 0.453 e. The number of hydrogen-bond donors (Lipinski definition) is 1. The second-order valence-electron chi connectivity index (χ2n) is 4.04. The van der Waals surface area contributed by atoms with Gasteiger partial charge in [-0.2, -0.15) is 0 Å². The third-order valence-corrected chi connectivity index (χ3v) is 3.18. The van der Waals surface area contributed by atoms with Gasteiger partial charge in [0.15, 0.2) is 4.67 Å². The number of rotatable bonds is 2. The van der Waals surface area contributed by atoms with E-state index >= 15 is 0 Å². The van der Waals surface area contributed by atoms with Crippen LogP contribution in [-0.4, -0.2) is 24.0 Å². The molecule has 0 aromatic carbocycles. The maximum absolute atomic E-state index is 5.95. The highest BCUT2D eigenvalue weighted by Crippen LogP contribution is 2.20. The molecule has 3 nitrogen and oxygen atoms in total. The summed E-state index contributed by atoms with van der Waals surface area (Å²) in [4.78, 5) is 2.33. The average Bonchev–Trinajstić information content (AvgIpc) is 2.62. The van der Waals surface area contributed by atoms with Gasteiger partial charge in [-0.3, -0.25) is 4.90 Å². The highest BCUT2D eigenvalue weighted by Gasteiger charge is 2.26. The summed E-state index contributed by atoms with van der Waals surface area (Å²) in [7, 11) is 0. The molecule has 1 aromatic heterocycles. The number of hydrogen-bond acceptors (Lipinski definition) is 3. The lowest BCUT2D eigenvalue weighted by Gasteiger charge is -2.12. The van der Waals surface area contributed by atoms with Crippen molar-refractivity contribution in [3.8, 4) is 0 Å². The monoisotopic (exact) mass is 258 g/mol. The molecule has 78 valence electrons. The van der Waals surface area contributed by atoms with Gasteiger partial charge in [-0.25, -0.2) is 0 Å². The van der Waals surface area contributed by atoms with Crippen molar-refractivity contribution in [2.24, 2.45) is 11.7 Å². The van der Waals surface area contributed by atoms with E-state index in [4.69, 9.17) is 10.2 Å². The van der Waals surface area contributed by atoms with Crippen LogP contribution in [0.5, 0.6) is 0 Å². The van der Waals surface area contributed by atoms with E-state index in [-0.39, 0.29) is 0 Å². The zero-order valence-electron chi connectivity index (χ0n) is 8.24. The minimum atomic E-state index is 0.313. The van der Waals surface area contributed by atoms with E-state index in [0.29, 0.717) is 12.0 Å². The summed E-state index contributed by atoms with van der Waals surface area (Å²) in [6, 6.07) is 4.24. The molecule has 0 spiro atoms. The highest BCUT2D eigenvalue weighted by atomic mass is 79.9. The van der Waals surface area contributed by atoms with Crippen molar-refractivity contribution in [1.82, 2.24) is 4.90 Å². The Morgan fingerprint density at radius 2 is 2.36 bits per heavy atom. The summed E-state index contributed by atoms with van der Waals surface area (Å²) in [5.74, 6) is 1.59. The number of nitrogens with zero attached hydrogens (tertiary/aromatic N) is 1. The lowest BCUT2D eigenvalue weighted by Crippen LogP contribution is -2.28. The summed E-state index contributed by atoms with van der Waals surface area (Å²) >= 11 is 3.30. The molecule has 2 atom stereocenters. The molecular formula is C10H15BrN2O. The van der Waals surface area contributed by atoms with Crippen molar-refractivity contribution in [1.29, 1.82) is 0 Å². The van der Waals surface area contributed by atoms with Gasteiger partial charge in [0.1, 0.15) is 5.76 Å². The number of nitrogens with two attached hydrogens (primary N) is 1. The van der Waals surface area contributed by atoms with E-state index < -0.39 is 0 Å². The molecule has 1 aromatic rings. The fourth-order valence-corrected chi connectivity index (χ4v) is 2.22. The quantitative estimate of drug-likeness (QED) is 0.880. The van der Waals surface area contributed by atoms with Crippen molar-refractivity contribution in [3.05, 3.63) is 22.6 Å². The van der Waals surface area contributed by atoms with Crippen LogP contribution in [0.15, 0.2) is 21.2 Å². The third-order valence-electron chi connectivity index (χ3n) is 2.75. The van der Waals surface area contributed by atoms with E-state index in [1.54, 1.807) is 0 Å². The molecule has 4 heteroatoms.